The van der Waals surface area contributed by atoms with Crippen LogP contribution in [0.25, 0.3) is 0 Å². The van der Waals surface area contributed by atoms with E-state index in [0.29, 0.717) is 16.0 Å². The summed E-state index contributed by atoms with van der Waals surface area (Å²) in [6, 6.07) is 5.66. The highest BCUT2D eigenvalue weighted by molar-refractivity contribution is 7.89. The predicted octanol–water partition coefficient (Wildman–Crippen LogP) is 4.87. The molecule has 6 nitrogen and oxygen atoms in total. The second-order valence-electron chi connectivity index (χ2n) is 6.63. The summed E-state index contributed by atoms with van der Waals surface area (Å²) in [5.41, 5.74) is 1.72. The normalized spacial score (nSPS) is 14.6. The summed E-state index contributed by atoms with van der Waals surface area (Å²) >= 11 is 18.7. The Morgan fingerprint density at radius 1 is 1.18 bits per heavy atom. The van der Waals surface area contributed by atoms with Crippen LogP contribution < -0.4 is 10.5 Å². The lowest BCUT2D eigenvalue weighted by Crippen LogP contribution is -2.16. The van der Waals surface area contributed by atoms with E-state index in [4.69, 9.17) is 39.9 Å². The highest BCUT2D eigenvalue weighted by atomic mass is 35.5. The van der Waals surface area contributed by atoms with Gasteiger partial charge in [0.1, 0.15) is 4.90 Å². The summed E-state index contributed by atoms with van der Waals surface area (Å²) in [5.74, 6) is -0.965. The molecule has 0 spiro atoms. The lowest BCUT2D eigenvalue weighted by atomic mass is 9.78. The fourth-order valence-electron chi connectivity index (χ4n) is 3.19. The van der Waals surface area contributed by atoms with Gasteiger partial charge in [0, 0.05) is 16.6 Å². The first-order chi connectivity index (χ1) is 13.1. The van der Waals surface area contributed by atoms with Gasteiger partial charge in [0.15, 0.2) is 0 Å². The van der Waals surface area contributed by atoms with Crippen molar-refractivity contribution in [3.63, 3.8) is 0 Å². The van der Waals surface area contributed by atoms with E-state index >= 15 is 0 Å². The Kier molecular flexibility index (Phi) is 6.12. The zero-order valence-corrected chi connectivity index (χ0v) is 17.6. The van der Waals surface area contributed by atoms with Crippen LogP contribution >= 0.6 is 34.8 Å². The third-order valence-electron chi connectivity index (χ3n) is 4.76. The number of halogens is 3. The quantitative estimate of drug-likeness (QED) is 0.566. The predicted molar refractivity (Wildman–Crippen MR) is 110 cm³/mol. The van der Waals surface area contributed by atoms with E-state index in [1.165, 1.54) is 6.07 Å². The van der Waals surface area contributed by atoms with Crippen LogP contribution in [0.15, 0.2) is 29.2 Å². The van der Waals surface area contributed by atoms with Crippen LogP contribution in [0.5, 0.6) is 0 Å². The molecule has 0 aliphatic heterocycles. The van der Waals surface area contributed by atoms with E-state index in [-0.39, 0.29) is 22.8 Å². The molecule has 0 aromatic heterocycles. The molecule has 1 aliphatic rings. The van der Waals surface area contributed by atoms with Crippen molar-refractivity contribution in [1.82, 2.24) is 0 Å². The minimum Gasteiger partial charge on any atom is -0.478 e. The van der Waals surface area contributed by atoms with Crippen LogP contribution in [0, 0.1) is 0 Å². The lowest BCUT2D eigenvalue weighted by molar-refractivity contribution is 0.0696. The van der Waals surface area contributed by atoms with Crippen molar-refractivity contribution in [2.24, 2.45) is 5.14 Å². The maximum atomic E-state index is 11.8. The molecule has 0 bridgehead atoms. The molecule has 2 aromatic rings. The van der Waals surface area contributed by atoms with Crippen LogP contribution in [0.4, 0.5) is 5.69 Å². The Hall–Kier alpha value is -1.51. The van der Waals surface area contributed by atoms with Gasteiger partial charge in [0.05, 0.1) is 16.3 Å². The highest BCUT2D eigenvalue weighted by Crippen LogP contribution is 2.43. The zero-order chi connectivity index (χ0) is 20.6. The first kappa shape index (κ1) is 21.2. The number of hydrogen-bond donors (Lipinski definition) is 3. The van der Waals surface area contributed by atoms with Crippen molar-refractivity contribution < 1.29 is 18.3 Å². The number of nitrogens with two attached hydrogens (primary N) is 1. The standard InChI is InChI=1S/C18H17Cl3N2O4S/c19-12-4-11(16(13(20)7-12)9-2-1-3-9)8-23-14-5-10(18(24)25)6-15(17(14)21)28(22,26)27/h4-7,9,23H,1-3,8H2,(H,24,25)(H2,22,26,27). The van der Waals surface area contributed by atoms with E-state index in [1.807, 2.05) is 0 Å². The summed E-state index contributed by atoms with van der Waals surface area (Å²) in [6.07, 6.45) is 3.18. The Bertz CT molecular complexity index is 1050. The van der Waals surface area contributed by atoms with Crippen molar-refractivity contribution >= 4 is 56.5 Å². The molecule has 4 N–H and O–H groups in total. The molecule has 28 heavy (non-hydrogen) atoms. The van der Waals surface area contributed by atoms with E-state index in [2.05, 4.69) is 5.32 Å². The van der Waals surface area contributed by atoms with Crippen molar-refractivity contribution in [1.29, 1.82) is 0 Å². The molecule has 1 aliphatic carbocycles. The third kappa shape index (κ3) is 4.39. The molecule has 1 saturated carbocycles. The second-order valence-corrected chi connectivity index (χ2v) is 9.38. The number of rotatable bonds is 6. The molecule has 0 heterocycles. The van der Waals surface area contributed by atoms with Gasteiger partial charge in [0.25, 0.3) is 0 Å². The molecule has 10 heteroatoms. The number of hydrogen-bond acceptors (Lipinski definition) is 4. The molecule has 0 unspecified atom stereocenters. The fraction of sp³-hybridized carbons (Fsp3) is 0.278. The van der Waals surface area contributed by atoms with Crippen molar-refractivity contribution in [3.8, 4) is 0 Å². The van der Waals surface area contributed by atoms with Crippen LogP contribution in [-0.2, 0) is 16.6 Å². The van der Waals surface area contributed by atoms with Crippen molar-refractivity contribution in [2.45, 2.75) is 36.6 Å². The third-order valence-corrected chi connectivity index (χ3v) is 6.74. The number of benzene rings is 2. The summed E-state index contributed by atoms with van der Waals surface area (Å²) < 4.78 is 23.5. The molecule has 0 atom stereocenters. The zero-order valence-electron chi connectivity index (χ0n) is 14.5. The summed E-state index contributed by atoms with van der Waals surface area (Å²) in [5, 5.41) is 18.3. The van der Waals surface area contributed by atoms with Crippen molar-refractivity contribution in [3.05, 3.63) is 56.0 Å². The highest BCUT2D eigenvalue weighted by Gasteiger charge is 2.25. The molecule has 3 rings (SSSR count). The lowest BCUT2D eigenvalue weighted by Gasteiger charge is -2.29. The molecule has 0 amide bonds. The van der Waals surface area contributed by atoms with Crippen LogP contribution in [0.1, 0.15) is 46.7 Å². The number of primary sulfonamides is 1. The van der Waals surface area contributed by atoms with Gasteiger partial charge in [-0.15, -0.1) is 0 Å². The molecule has 2 aromatic carbocycles. The first-order valence-electron chi connectivity index (χ1n) is 8.39. The summed E-state index contributed by atoms with van der Waals surface area (Å²) in [6.45, 7) is 0.235. The minimum absolute atomic E-state index is 0.140. The van der Waals surface area contributed by atoms with Crippen molar-refractivity contribution in [2.75, 3.05) is 5.32 Å². The van der Waals surface area contributed by atoms with Gasteiger partial charge >= 0.3 is 5.97 Å². The smallest absolute Gasteiger partial charge is 0.335 e. The first-order valence-corrected chi connectivity index (χ1v) is 11.1. The molecule has 150 valence electrons. The maximum absolute atomic E-state index is 11.8. The number of anilines is 1. The van der Waals surface area contributed by atoms with Gasteiger partial charge in [-0.1, -0.05) is 41.2 Å². The maximum Gasteiger partial charge on any atom is 0.335 e. The SMILES string of the molecule is NS(=O)(=O)c1cc(C(=O)O)cc(NCc2cc(Cl)cc(Cl)c2C2CCC2)c1Cl. The molecule has 0 saturated heterocycles. The molecular weight excluding hydrogens is 447 g/mol. The van der Waals surface area contributed by atoms with E-state index in [9.17, 15) is 18.3 Å². The van der Waals surface area contributed by atoms with Gasteiger partial charge in [-0.25, -0.2) is 18.4 Å². The number of carboxylic acids is 1. The Morgan fingerprint density at radius 3 is 2.39 bits per heavy atom. The van der Waals surface area contributed by atoms with Gasteiger partial charge in [-0.2, -0.15) is 0 Å². The number of sulfonamides is 1. The number of carbonyl (C=O) groups is 1. The topological polar surface area (TPSA) is 109 Å². The van der Waals surface area contributed by atoms with E-state index < -0.39 is 20.9 Å². The van der Waals surface area contributed by atoms with Gasteiger partial charge in [0.2, 0.25) is 10.0 Å². The Labute approximate surface area is 177 Å². The number of nitrogens with one attached hydrogen (secondary N) is 1. The fourth-order valence-corrected chi connectivity index (χ4v) is 5.03. The average Bonchev–Trinajstić information content (AvgIpc) is 2.53. The Morgan fingerprint density at radius 2 is 1.86 bits per heavy atom. The van der Waals surface area contributed by atoms with Crippen LogP contribution in [-0.4, -0.2) is 19.5 Å². The monoisotopic (exact) mass is 462 g/mol. The number of aromatic carboxylic acids is 1. The van der Waals surface area contributed by atoms with Crippen LogP contribution in [0.2, 0.25) is 15.1 Å². The minimum atomic E-state index is -4.20. The van der Waals surface area contributed by atoms with Crippen LogP contribution in [0.3, 0.4) is 0 Å². The Balaban J connectivity index is 1.99. The number of carboxylic acid groups (broad SMARTS) is 1. The van der Waals surface area contributed by atoms with Gasteiger partial charge < -0.3 is 10.4 Å². The largest absolute Gasteiger partial charge is 0.478 e. The summed E-state index contributed by atoms with van der Waals surface area (Å²) in [7, 11) is -4.20. The van der Waals surface area contributed by atoms with E-state index in [0.717, 1.165) is 36.5 Å². The average molecular weight is 464 g/mol. The second kappa shape index (κ2) is 8.08. The summed E-state index contributed by atoms with van der Waals surface area (Å²) in [4.78, 5) is 10.9. The molecular formula is C18H17Cl3N2O4S. The van der Waals surface area contributed by atoms with Gasteiger partial charge in [-0.3, -0.25) is 0 Å². The van der Waals surface area contributed by atoms with E-state index in [1.54, 1.807) is 12.1 Å². The molecule has 0 radical (unpaired) electrons. The molecule has 1 fully saturated rings. The van der Waals surface area contributed by atoms with Gasteiger partial charge in [-0.05, 0) is 54.2 Å².